The molecule has 0 unspecified atom stereocenters. The lowest BCUT2D eigenvalue weighted by Crippen LogP contribution is -2.48. The van der Waals surface area contributed by atoms with E-state index in [1.165, 1.54) is 10.4 Å². The Morgan fingerprint density at radius 3 is 2.30 bits per heavy atom. The van der Waals surface area contributed by atoms with Crippen LogP contribution in [0.5, 0.6) is 0 Å². The van der Waals surface area contributed by atoms with E-state index in [-0.39, 0.29) is 9.92 Å². The van der Waals surface area contributed by atoms with Crippen molar-refractivity contribution in [2.45, 2.75) is 4.90 Å². The number of hydrogen-bond donors (Lipinski definition) is 0. The Balaban J connectivity index is 1.75. The van der Waals surface area contributed by atoms with Gasteiger partial charge in [-0.25, -0.2) is 12.8 Å². The molecule has 0 amide bonds. The van der Waals surface area contributed by atoms with Crippen molar-refractivity contribution >= 4 is 27.3 Å². The number of piperazine rings is 1. The summed E-state index contributed by atoms with van der Waals surface area (Å²) in [6.45, 7) is 1.88. The molecule has 122 valence electrons. The summed E-state index contributed by atoms with van der Waals surface area (Å²) in [6, 6.07) is 7.25. The molecule has 5 nitrogen and oxygen atoms in total. The van der Waals surface area contributed by atoms with E-state index in [1.54, 1.807) is 12.4 Å². The van der Waals surface area contributed by atoms with Crippen LogP contribution in [0.4, 0.5) is 10.1 Å². The van der Waals surface area contributed by atoms with Gasteiger partial charge in [0.2, 0.25) is 10.0 Å². The number of rotatable bonds is 3. The highest BCUT2D eigenvalue weighted by Gasteiger charge is 2.29. The quantitative estimate of drug-likeness (QED) is 0.848. The van der Waals surface area contributed by atoms with E-state index in [1.807, 2.05) is 12.1 Å². The third kappa shape index (κ3) is 3.31. The molecule has 0 N–H and O–H groups in total. The number of aromatic nitrogens is 1. The molecule has 1 saturated heterocycles. The zero-order chi connectivity index (χ0) is 16.4. The second kappa shape index (κ2) is 6.43. The van der Waals surface area contributed by atoms with E-state index in [0.29, 0.717) is 26.2 Å². The first kappa shape index (κ1) is 16.2. The van der Waals surface area contributed by atoms with Gasteiger partial charge in [-0.05, 0) is 30.3 Å². The lowest BCUT2D eigenvalue weighted by molar-refractivity contribution is 0.385. The third-order valence-electron chi connectivity index (χ3n) is 3.80. The molecule has 0 atom stereocenters. The average molecular weight is 356 g/mol. The molecule has 0 radical (unpaired) electrons. The summed E-state index contributed by atoms with van der Waals surface area (Å²) in [5.41, 5.74) is 1.02. The maximum atomic E-state index is 13.2. The standard InChI is InChI=1S/C15H15ClFN3O2S/c16-14-11-13(1-2-15(14)17)23(21,22)20-9-7-19(8-10-20)12-3-5-18-6-4-12/h1-6,11H,7-10H2. The van der Waals surface area contributed by atoms with Gasteiger partial charge in [0.15, 0.2) is 0 Å². The van der Waals surface area contributed by atoms with Gasteiger partial charge in [0.25, 0.3) is 0 Å². The van der Waals surface area contributed by atoms with Crippen molar-refractivity contribution in [3.63, 3.8) is 0 Å². The molecule has 0 spiro atoms. The minimum Gasteiger partial charge on any atom is -0.369 e. The van der Waals surface area contributed by atoms with Crippen molar-refractivity contribution in [3.8, 4) is 0 Å². The highest BCUT2D eigenvalue weighted by molar-refractivity contribution is 7.89. The first-order valence-electron chi connectivity index (χ1n) is 7.08. The van der Waals surface area contributed by atoms with Gasteiger partial charge in [0, 0.05) is 44.3 Å². The Bertz CT molecular complexity index is 794. The van der Waals surface area contributed by atoms with E-state index in [0.717, 1.165) is 17.8 Å². The molecule has 0 saturated carbocycles. The van der Waals surface area contributed by atoms with E-state index in [2.05, 4.69) is 9.88 Å². The van der Waals surface area contributed by atoms with Crippen LogP contribution in [-0.2, 0) is 10.0 Å². The summed E-state index contributed by atoms with van der Waals surface area (Å²) in [6.07, 6.45) is 3.41. The minimum atomic E-state index is -3.66. The predicted molar refractivity (Wildman–Crippen MR) is 86.6 cm³/mol. The number of halogens is 2. The average Bonchev–Trinajstić information content (AvgIpc) is 2.58. The number of sulfonamides is 1. The van der Waals surface area contributed by atoms with Gasteiger partial charge in [-0.3, -0.25) is 4.98 Å². The van der Waals surface area contributed by atoms with Crippen LogP contribution in [0.15, 0.2) is 47.6 Å². The van der Waals surface area contributed by atoms with Crippen LogP contribution < -0.4 is 4.90 Å². The molecule has 1 aromatic carbocycles. The Morgan fingerprint density at radius 1 is 1.04 bits per heavy atom. The van der Waals surface area contributed by atoms with Crippen molar-refractivity contribution in [2.75, 3.05) is 31.1 Å². The number of anilines is 1. The van der Waals surface area contributed by atoms with E-state index in [9.17, 15) is 12.8 Å². The molecule has 3 rings (SSSR count). The predicted octanol–water partition coefficient (Wildman–Crippen LogP) is 2.39. The molecular formula is C15H15ClFN3O2S. The molecule has 2 heterocycles. The smallest absolute Gasteiger partial charge is 0.243 e. The maximum absolute atomic E-state index is 13.2. The normalized spacial score (nSPS) is 16.5. The van der Waals surface area contributed by atoms with E-state index < -0.39 is 15.8 Å². The van der Waals surface area contributed by atoms with Crippen LogP contribution in [0, 0.1) is 5.82 Å². The van der Waals surface area contributed by atoms with Crippen LogP contribution in [0.1, 0.15) is 0 Å². The molecule has 1 aliphatic rings. The lowest BCUT2D eigenvalue weighted by atomic mass is 10.3. The summed E-state index contributed by atoms with van der Waals surface area (Å²) in [5.74, 6) is -0.631. The third-order valence-corrected chi connectivity index (χ3v) is 5.98. The highest BCUT2D eigenvalue weighted by atomic mass is 35.5. The largest absolute Gasteiger partial charge is 0.369 e. The van der Waals surface area contributed by atoms with Crippen molar-refractivity contribution < 1.29 is 12.8 Å². The van der Waals surface area contributed by atoms with Crippen LogP contribution in [-0.4, -0.2) is 43.9 Å². The van der Waals surface area contributed by atoms with Gasteiger partial charge in [-0.2, -0.15) is 4.31 Å². The Hall–Kier alpha value is -1.70. The Kier molecular flexibility index (Phi) is 4.52. The van der Waals surface area contributed by atoms with Gasteiger partial charge >= 0.3 is 0 Å². The van der Waals surface area contributed by atoms with E-state index in [4.69, 9.17) is 11.6 Å². The van der Waals surface area contributed by atoms with Crippen LogP contribution in [0.2, 0.25) is 5.02 Å². The van der Waals surface area contributed by atoms with E-state index >= 15 is 0 Å². The molecule has 0 bridgehead atoms. The molecule has 0 aliphatic carbocycles. The molecule has 2 aromatic rings. The van der Waals surface area contributed by atoms with Crippen molar-refractivity contribution in [3.05, 3.63) is 53.6 Å². The summed E-state index contributed by atoms with van der Waals surface area (Å²) in [5, 5.41) is -0.193. The molecule has 1 aliphatic heterocycles. The van der Waals surface area contributed by atoms with Crippen molar-refractivity contribution in [1.29, 1.82) is 0 Å². The fraction of sp³-hybridized carbons (Fsp3) is 0.267. The molecular weight excluding hydrogens is 341 g/mol. The molecule has 1 fully saturated rings. The maximum Gasteiger partial charge on any atom is 0.243 e. The fourth-order valence-electron chi connectivity index (χ4n) is 2.53. The van der Waals surface area contributed by atoms with Gasteiger partial charge < -0.3 is 4.90 Å². The first-order valence-corrected chi connectivity index (χ1v) is 8.90. The summed E-state index contributed by atoms with van der Waals surface area (Å²) in [7, 11) is -3.66. The SMILES string of the molecule is O=S(=O)(c1ccc(F)c(Cl)c1)N1CCN(c2ccncc2)CC1. The molecule has 8 heteroatoms. The topological polar surface area (TPSA) is 53.5 Å². The number of nitrogens with zero attached hydrogens (tertiary/aromatic N) is 3. The summed E-state index contributed by atoms with van der Waals surface area (Å²) >= 11 is 5.69. The van der Waals surface area contributed by atoms with Gasteiger partial charge in [-0.15, -0.1) is 0 Å². The molecule has 1 aromatic heterocycles. The lowest BCUT2D eigenvalue weighted by Gasteiger charge is -2.35. The monoisotopic (exact) mass is 355 g/mol. The Morgan fingerprint density at radius 2 is 1.70 bits per heavy atom. The zero-order valence-corrected chi connectivity index (χ0v) is 13.8. The minimum absolute atomic E-state index is 0.0151. The highest BCUT2D eigenvalue weighted by Crippen LogP contribution is 2.24. The Labute approximate surface area is 139 Å². The second-order valence-electron chi connectivity index (χ2n) is 5.17. The van der Waals surface area contributed by atoms with Crippen molar-refractivity contribution in [2.24, 2.45) is 0 Å². The number of hydrogen-bond acceptors (Lipinski definition) is 4. The van der Waals surface area contributed by atoms with Gasteiger partial charge in [-0.1, -0.05) is 11.6 Å². The number of pyridine rings is 1. The molecule has 23 heavy (non-hydrogen) atoms. The second-order valence-corrected chi connectivity index (χ2v) is 7.52. The van der Waals surface area contributed by atoms with Crippen LogP contribution in [0.25, 0.3) is 0 Å². The zero-order valence-electron chi connectivity index (χ0n) is 12.2. The number of benzene rings is 1. The fourth-order valence-corrected chi connectivity index (χ4v) is 4.22. The summed E-state index contributed by atoms with van der Waals surface area (Å²) in [4.78, 5) is 6.09. The van der Waals surface area contributed by atoms with Gasteiger partial charge in [0.05, 0.1) is 9.92 Å². The van der Waals surface area contributed by atoms with Crippen molar-refractivity contribution in [1.82, 2.24) is 9.29 Å². The van der Waals surface area contributed by atoms with Crippen LogP contribution >= 0.6 is 11.6 Å². The van der Waals surface area contributed by atoms with Crippen LogP contribution in [0.3, 0.4) is 0 Å². The van der Waals surface area contributed by atoms with Gasteiger partial charge in [0.1, 0.15) is 5.82 Å². The summed E-state index contributed by atoms with van der Waals surface area (Å²) < 4.78 is 39.8. The first-order chi connectivity index (χ1) is 11.0.